The van der Waals surface area contributed by atoms with E-state index in [1.807, 2.05) is 48.3 Å². The first kappa shape index (κ1) is 16.4. The van der Waals surface area contributed by atoms with Crippen LogP contribution in [0.5, 0.6) is 0 Å². The van der Waals surface area contributed by atoms with Gasteiger partial charge in [0.05, 0.1) is 11.4 Å². The second kappa shape index (κ2) is 7.88. The van der Waals surface area contributed by atoms with E-state index in [1.54, 1.807) is 6.20 Å². The van der Waals surface area contributed by atoms with Crippen molar-refractivity contribution in [2.24, 2.45) is 5.18 Å². The molecule has 120 valence electrons. The molecule has 1 aromatic carbocycles. The average Bonchev–Trinajstić information content (AvgIpc) is 2.59. The lowest BCUT2D eigenvalue weighted by atomic mass is 10.1. The molecule has 0 spiro atoms. The van der Waals surface area contributed by atoms with Crippen LogP contribution in [0.3, 0.4) is 0 Å². The summed E-state index contributed by atoms with van der Waals surface area (Å²) in [5, 5.41) is 5.45. The first-order valence-electron chi connectivity index (χ1n) is 7.22. The number of carbonyl (C=O) groups excluding carboxylic acids is 1. The van der Waals surface area contributed by atoms with E-state index in [4.69, 9.17) is 5.73 Å². The first-order chi connectivity index (χ1) is 11.1. The summed E-state index contributed by atoms with van der Waals surface area (Å²) < 4.78 is 0. The number of anilines is 3. The number of rotatable bonds is 7. The summed E-state index contributed by atoms with van der Waals surface area (Å²) >= 11 is 0. The smallest absolute Gasteiger partial charge is 0.288 e. The van der Waals surface area contributed by atoms with Gasteiger partial charge in [0.2, 0.25) is 0 Å². The Morgan fingerprint density at radius 3 is 2.78 bits per heavy atom. The molecule has 0 unspecified atom stereocenters. The molecule has 1 heterocycles. The molecule has 0 atom stereocenters. The Kier molecular flexibility index (Phi) is 5.62. The molecule has 1 amide bonds. The van der Waals surface area contributed by atoms with Crippen LogP contribution in [0, 0.1) is 4.91 Å². The van der Waals surface area contributed by atoms with E-state index in [-0.39, 0.29) is 6.42 Å². The highest BCUT2D eigenvalue weighted by Gasteiger charge is 2.12. The van der Waals surface area contributed by atoms with Crippen LogP contribution in [-0.2, 0) is 11.3 Å². The summed E-state index contributed by atoms with van der Waals surface area (Å²) in [7, 11) is 1.81. The molecule has 7 nitrogen and oxygen atoms in total. The highest BCUT2D eigenvalue weighted by Crippen LogP contribution is 2.22. The van der Waals surface area contributed by atoms with Crippen molar-refractivity contribution in [3.8, 4) is 0 Å². The van der Waals surface area contributed by atoms with Gasteiger partial charge in [0.1, 0.15) is 5.82 Å². The number of nitroso groups, excluding NO2 is 1. The lowest BCUT2D eigenvalue weighted by Crippen LogP contribution is -2.26. The summed E-state index contributed by atoms with van der Waals surface area (Å²) in [6.45, 7) is 0.882. The van der Waals surface area contributed by atoms with Crippen LogP contribution >= 0.6 is 0 Å². The number of benzene rings is 1. The van der Waals surface area contributed by atoms with Crippen molar-refractivity contribution in [2.45, 2.75) is 13.0 Å². The highest BCUT2D eigenvalue weighted by atomic mass is 16.3. The molecular formula is C16H19N5O2. The van der Waals surface area contributed by atoms with Crippen molar-refractivity contribution >= 4 is 23.1 Å². The Morgan fingerprint density at radius 1 is 1.35 bits per heavy atom. The Labute approximate surface area is 134 Å². The first-order valence-corrected chi connectivity index (χ1v) is 7.22. The molecule has 2 rings (SSSR count). The average molecular weight is 313 g/mol. The number of carbonyl (C=O) groups is 1. The minimum atomic E-state index is -0.670. The zero-order valence-electron chi connectivity index (χ0n) is 12.9. The minimum Gasteiger partial charge on any atom is -0.397 e. The van der Waals surface area contributed by atoms with E-state index in [2.05, 4.69) is 15.5 Å². The zero-order chi connectivity index (χ0) is 16.7. The van der Waals surface area contributed by atoms with Crippen molar-refractivity contribution in [2.75, 3.05) is 29.5 Å². The summed E-state index contributed by atoms with van der Waals surface area (Å²) in [6.07, 6.45) is 1.73. The summed E-state index contributed by atoms with van der Waals surface area (Å²) in [6, 6.07) is 11.3. The summed E-state index contributed by atoms with van der Waals surface area (Å²) in [5.74, 6) is 0.0541. The van der Waals surface area contributed by atoms with Crippen LogP contribution in [0.25, 0.3) is 0 Å². The van der Waals surface area contributed by atoms with Gasteiger partial charge in [0.15, 0.2) is 0 Å². The molecule has 0 fully saturated rings. The maximum absolute atomic E-state index is 11.2. The third-order valence-corrected chi connectivity index (χ3v) is 3.43. The molecule has 0 bridgehead atoms. The number of nitrogens with zero attached hydrogens (tertiary/aromatic N) is 3. The van der Waals surface area contributed by atoms with E-state index in [0.29, 0.717) is 18.8 Å². The number of hydrogen-bond donors (Lipinski definition) is 2. The van der Waals surface area contributed by atoms with E-state index < -0.39 is 5.91 Å². The van der Waals surface area contributed by atoms with Gasteiger partial charge < -0.3 is 16.0 Å². The Bertz CT molecular complexity index is 675. The van der Waals surface area contributed by atoms with Crippen molar-refractivity contribution in [1.82, 2.24) is 4.98 Å². The maximum Gasteiger partial charge on any atom is 0.288 e. The molecule has 0 saturated carbocycles. The van der Waals surface area contributed by atoms with Crippen molar-refractivity contribution in [1.29, 1.82) is 0 Å². The van der Waals surface area contributed by atoms with Crippen molar-refractivity contribution in [3.05, 3.63) is 53.1 Å². The third-order valence-electron chi connectivity index (χ3n) is 3.43. The lowest BCUT2D eigenvalue weighted by Gasteiger charge is -2.23. The van der Waals surface area contributed by atoms with E-state index >= 15 is 0 Å². The maximum atomic E-state index is 11.2. The van der Waals surface area contributed by atoms with Crippen LogP contribution in [0.15, 0.2) is 47.8 Å². The van der Waals surface area contributed by atoms with Gasteiger partial charge >= 0.3 is 0 Å². The quantitative estimate of drug-likeness (QED) is 0.601. The van der Waals surface area contributed by atoms with Crippen LogP contribution in [0.4, 0.5) is 17.2 Å². The fraction of sp³-hybridized carbons (Fsp3) is 0.250. The Balaban J connectivity index is 2.18. The minimum absolute atomic E-state index is 0.0458. The molecule has 0 radical (unpaired) electrons. The Morgan fingerprint density at radius 2 is 2.17 bits per heavy atom. The third kappa shape index (κ3) is 4.50. The van der Waals surface area contributed by atoms with Gasteiger partial charge in [-0.05, 0) is 29.8 Å². The zero-order valence-corrected chi connectivity index (χ0v) is 12.9. The van der Waals surface area contributed by atoms with E-state index in [1.165, 1.54) is 0 Å². The number of hydrogen-bond acceptors (Lipinski definition) is 6. The molecule has 23 heavy (non-hydrogen) atoms. The molecule has 0 aliphatic rings. The fourth-order valence-electron chi connectivity index (χ4n) is 2.25. The van der Waals surface area contributed by atoms with Gasteiger partial charge in [-0.25, -0.2) is 4.98 Å². The predicted octanol–water partition coefficient (Wildman–Crippen LogP) is 2.40. The molecule has 0 aliphatic carbocycles. The van der Waals surface area contributed by atoms with Gasteiger partial charge in [-0.2, -0.15) is 0 Å². The number of amides is 1. The van der Waals surface area contributed by atoms with Gasteiger partial charge in [0.25, 0.3) is 5.91 Å². The van der Waals surface area contributed by atoms with Gasteiger partial charge in [-0.15, -0.1) is 4.91 Å². The van der Waals surface area contributed by atoms with Gasteiger partial charge in [-0.1, -0.05) is 12.1 Å². The standard InChI is InChI=1S/C16H19N5O2/c1-18-14-6-5-12(10-13(14)17)11-21(9-7-16(22)20-23)15-4-2-3-8-19-15/h2-6,8,10,18H,7,9,11,17H2,1H3. The second-order valence-electron chi connectivity index (χ2n) is 5.02. The molecule has 0 saturated heterocycles. The fourth-order valence-corrected chi connectivity index (χ4v) is 2.25. The monoisotopic (exact) mass is 313 g/mol. The topological polar surface area (TPSA) is 101 Å². The number of nitrogens with one attached hydrogen (secondary N) is 1. The molecule has 1 aromatic heterocycles. The van der Waals surface area contributed by atoms with Gasteiger partial charge in [0, 0.05) is 37.9 Å². The van der Waals surface area contributed by atoms with Crippen LogP contribution in [-0.4, -0.2) is 24.5 Å². The molecule has 0 aliphatic heterocycles. The number of nitrogens with two attached hydrogens (primary N) is 1. The van der Waals surface area contributed by atoms with Crippen molar-refractivity contribution < 1.29 is 4.79 Å². The number of pyridine rings is 1. The van der Waals surface area contributed by atoms with E-state index in [9.17, 15) is 9.70 Å². The largest absolute Gasteiger partial charge is 0.397 e. The van der Waals surface area contributed by atoms with E-state index in [0.717, 1.165) is 17.1 Å². The predicted molar refractivity (Wildman–Crippen MR) is 91.1 cm³/mol. The van der Waals surface area contributed by atoms with Crippen LogP contribution < -0.4 is 16.0 Å². The number of nitrogen functional groups attached to an aromatic ring is 1. The summed E-state index contributed by atoms with van der Waals surface area (Å²) in [4.78, 5) is 27.7. The molecular weight excluding hydrogens is 294 g/mol. The molecule has 3 N–H and O–H groups in total. The summed E-state index contributed by atoms with van der Waals surface area (Å²) in [5.41, 5.74) is 8.48. The number of aromatic nitrogens is 1. The lowest BCUT2D eigenvalue weighted by molar-refractivity contribution is -0.117. The second-order valence-corrected chi connectivity index (χ2v) is 5.02. The molecule has 2 aromatic rings. The molecule has 7 heteroatoms. The van der Waals surface area contributed by atoms with Gasteiger partial charge in [-0.3, -0.25) is 4.79 Å². The van der Waals surface area contributed by atoms with Crippen molar-refractivity contribution in [3.63, 3.8) is 0 Å². The van der Waals surface area contributed by atoms with Crippen LogP contribution in [0.2, 0.25) is 0 Å². The highest BCUT2D eigenvalue weighted by molar-refractivity contribution is 5.77. The Hall–Kier alpha value is -2.96. The van der Waals surface area contributed by atoms with Crippen LogP contribution in [0.1, 0.15) is 12.0 Å². The SMILES string of the molecule is CNc1ccc(CN(CCC(=O)N=O)c2ccccn2)cc1N. The normalized spacial score (nSPS) is 10.1.